The Morgan fingerprint density at radius 1 is 1.56 bits per heavy atom. The van der Waals surface area contributed by atoms with E-state index >= 15 is 0 Å². The number of aliphatic carboxylic acids is 1. The predicted molar refractivity (Wildman–Crippen MR) is 61.3 cm³/mol. The van der Waals surface area contributed by atoms with Crippen LogP contribution in [0.25, 0.3) is 0 Å². The summed E-state index contributed by atoms with van der Waals surface area (Å²) in [5.41, 5.74) is 4.94. The van der Waals surface area contributed by atoms with Crippen molar-refractivity contribution >= 4 is 5.97 Å². The summed E-state index contributed by atoms with van der Waals surface area (Å²) in [5, 5.41) is 12.3. The van der Waals surface area contributed by atoms with Crippen molar-refractivity contribution in [3.05, 3.63) is 0 Å². The monoisotopic (exact) mass is 230 g/mol. The van der Waals surface area contributed by atoms with E-state index in [1.165, 1.54) is 7.11 Å². The first-order chi connectivity index (χ1) is 7.49. The second kappa shape index (κ2) is 5.61. The number of hydrogen-bond acceptors (Lipinski definition) is 4. The van der Waals surface area contributed by atoms with E-state index in [-0.39, 0.29) is 18.7 Å². The van der Waals surface area contributed by atoms with Gasteiger partial charge in [-0.3, -0.25) is 10.1 Å². The quantitative estimate of drug-likeness (QED) is 0.634. The molecule has 0 saturated heterocycles. The second-order valence-corrected chi connectivity index (χ2v) is 4.77. The zero-order chi connectivity index (χ0) is 12.2. The van der Waals surface area contributed by atoms with Crippen LogP contribution in [0.2, 0.25) is 0 Å². The third kappa shape index (κ3) is 3.17. The maximum Gasteiger partial charge on any atom is 0.326 e. The number of nitrogens with one attached hydrogen (secondary N) is 1. The van der Waals surface area contributed by atoms with Crippen molar-refractivity contribution in [1.29, 1.82) is 0 Å². The van der Waals surface area contributed by atoms with Gasteiger partial charge in [0, 0.05) is 19.2 Å². The molecule has 1 aliphatic carbocycles. The van der Waals surface area contributed by atoms with Crippen molar-refractivity contribution in [3.63, 3.8) is 0 Å². The number of hydrogen-bond donors (Lipinski definition) is 3. The third-order valence-corrected chi connectivity index (χ3v) is 3.23. The normalized spacial score (nSPS) is 29.7. The van der Waals surface area contributed by atoms with Crippen LogP contribution < -0.4 is 11.1 Å². The fraction of sp³-hybridized carbons (Fsp3) is 0.909. The molecule has 4 N–H and O–H groups in total. The van der Waals surface area contributed by atoms with Crippen molar-refractivity contribution in [1.82, 2.24) is 5.32 Å². The number of ether oxygens (including phenoxy) is 1. The molecule has 1 fully saturated rings. The van der Waals surface area contributed by atoms with Crippen molar-refractivity contribution < 1.29 is 14.6 Å². The molecule has 0 aromatic carbocycles. The fourth-order valence-corrected chi connectivity index (χ4v) is 2.20. The maximum absolute atomic E-state index is 11.2. The molecule has 0 heterocycles. The number of rotatable bonds is 5. The first kappa shape index (κ1) is 13.4. The highest BCUT2D eigenvalue weighted by molar-refractivity contribution is 5.78. The number of nitrogens with two attached hydrogens (primary N) is 1. The van der Waals surface area contributed by atoms with Gasteiger partial charge in [-0.25, -0.2) is 0 Å². The van der Waals surface area contributed by atoms with Gasteiger partial charge in [-0.2, -0.15) is 0 Å². The Morgan fingerprint density at radius 3 is 2.69 bits per heavy atom. The molecule has 0 aromatic heterocycles. The van der Waals surface area contributed by atoms with Crippen molar-refractivity contribution in [2.75, 3.05) is 13.7 Å². The number of carbonyl (C=O) groups is 1. The Kier molecular flexibility index (Phi) is 4.70. The lowest BCUT2D eigenvalue weighted by Crippen LogP contribution is -2.61. The van der Waals surface area contributed by atoms with Crippen LogP contribution in [0.5, 0.6) is 0 Å². The van der Waals surface area contributed by atoms with Crippen LogP contribution in [0.15, 0.2) is 0 Å². The largest absolute Gasteiger partial charge is 0.480 e. The van der Waals surface area contributed by atoms with E-state index < -0.39 is 11.5 Å². The molecule has 94 valence electrons. The molecule has 16 heavy (non-hydrogen) atoms. The molecule has 1 aliphatic rings. The standard InChI is InChI=1S/C11H22N2O3/c1-11(7-16-2,10(14)15)13-9-6-4-3-5-8(9)12/h8-9,13H,3-7,12H2,1-2H3,(H,14,15). The SMILES string of the molecule is COCC(C)(NC1CCCCC1N)C(=O)O. The van der Waals surface area contributed by atoms with Gasteiger partial charge in [-0.05, 0) is 19.8 Å². The summed E-state index contributed by atoms with van der Waals surface area (Å²) in [6.45, 7) is 1.78. The van der Waals surface area contributed by atoms with Gasteiger partial charge in [0.2, 0.25) is 0 Å². The smallest absolute Gasteiger partial charge is 0.326 e. The lowest BCUT2D eigenvalue weighted by molar-refractivity contribution is -0.147. The summed E-state index contributed by atoms with van der Waals surface area (Å²) in [7, 11) is 1.50. The van der Waals surface area contributed by atoms with Gasteiger partial charge >= 0.3 is 5.97 Å². The highest BCUT2D eigenvalue weighted by atomic mass is 16.5. The van der Waals surface area contributed by atoms with Gasteiger partial charge in [0.1, 0.15) is 5.54 Å². The van der Waals surface area contributed by atoms with Gasteiger partial charge in [0.15, 0.2) is 0 Å². The topological polar surface area (TPSA) is 84.6 Å². The van der Waals surface area contributed by atoms with Crippen LogP contribution in [-0.2, 0) is 9.53 Å². The van der Waals surface area contributed by atoms with Crippen LogP contribution >= 0.6 is 0 Å². The molecule has 0 radical (unpaired) electrons. The zero-order valence-corrected chi connectivity index (χ0v) is 10.0. The minimum Gasteiger partial charge on any atom is -0.480 e. The second-order valence-electron chi connectivity index (χ2n) is 4.77. The molecule has 1 saturated carbocycles. The van der Waals surface area contributed by atoms with Crippen LogP contribution in [0.4, 0.5) is 0 Å². The Morgan fingerprint density at radius 2 is 2.19 bits per heavy atom. The van der Waals surface area contributed by atoms with E-state index in [2.05, 4.69) is 5.32 Å². The third-order valence-electron chi connectivity index (χ3n) is 3.23. The van der Waals surface area contributed by atoms with E-state index in [4.69, 9.17) is 10.5 Å². The molecule has 0 amide bonds. The number of carboxylic acids is 1. The Bertz CT molecular complexity index is 247. The summed E-state index contributed by atoms with van der Waals surface area (Å²) in [6, 6.07) is 0.120. The summed E-state index contributed by atoms with van der Waals surface area (Å²) >= 11 is 0. The first-order valence-corrected chi connectivity index (χ1v) is 5.75. The summed E-state index contributed by atoms with van der Waals surface area (Å²) in [6.07, 6.45) is 4.13. The maximum atomic E-state index is 11.2. The Hall–Kier alpha value is -0.650. The molecule has 3 atom stereocenters. The average molecular weight is 230 g/mol. The average Bonchev–Trinajstić information content (AvgIpc) is 2.21. The lowest BCUT2D eigenvalue weighted by atomic mass is 9.88. The Labute approximate surface area is 96.3 Å². The summed E-state index contributed by atoms with van der Waals surface area (Å²) in [5.74, 6) is -0.896. The van der Waals surface area contributed by atoms with E-state index in [0.29, 0.717) is 0 Å². The molecule has 3 unspecified atom stereocenters. The predicted octanol–water partition coefficient (Wildman–Crippen LogP) is 0.336. The molecule has 0 aromatic rings. The van der Waals surface area contributed by atoms with Gasteiger partial charge < -0.3 is 15.6 Å². The number of carboxylic acid groups (broad SMARTS) is 1. The molecule has 5 heteroatoms. The van der Waals surface area contributed by atoms with Gasteiger partial charge in [0.05, 0.1) is 6.61 Å². The minimum absolute atomic E-state index is 0.0456. The molecule has 0 bridgehead atoms. The zero-order valence-electron chi connectivity index (χ0n) is 10.0. The van der Waals surface area contributed by atoms with Crippen LogP contribution in [0.3, 0.4) is 0 Å². The van der Waals surface area contributed by atoms with Crippen LogP contribution in [0.1, 0.15) is 32.6 Å². The minimum atomic E-state index is -1.05. The molecule has 0 spiro atoms. The van der Waals surface area contributed by atoms with Crippen molar-refractivity contribution in [3.8, 4) is 0 Å². The van der Waals surface area contributed by atoms with Crippen LogP contribution in [0, 0.1) is 0 Å². The lowest BCUT2D eigenvalue weighted by Gasteiger charge is -2.36. The molecule has 0 aliphatic heterocycles. The van der Waals surface area contributed by atoms with E-state index in [1.807, 2.05) is 0 Å². The van der Waals surface area contributed by atoms with E-state index in [0.717, 1.165) is 25.7 Å². The van der Waals surface area contributed by atoms with Gasteiger partial charge in [-0.1, -0.05) is 12.8 Å². The van der Waals surface area contributed by atoms with Crippen LogP contribution in [-0.4, -0.2) is 42.4 Å². The molecule has 5 nitrogen and oxygen atoms in total. The molecular formula is C11H22N2O3. The molecular weight excluding hydrogens is 208 g/mol. The summed E-state index contributed by atoms with van der Waals surface area (Å²) < 4.78 is 4.96. The highest BCUT2D eigenvalue weighted by Gasteiger charge is 2.37. The van der Waals surface area contributed by atoms with Crippen molar-refractivity contribution in [2.45, 2.75) is 50.2 Å². The van der Waals surface area contributed by atoms with Crippen molar-refractivity contribution in [2.24, 2.45) is 5.73 Å². The van der Waals surface area contributed by atoms with E-state index in [1.54, 1.807) is 6.92 Å². The van der Waals surface area contributed by atoms with E-state index in [9.17, 15) is 9.90 Å². The number of methoxy groups -OCH3 is 1. The molecule has 1 rings (SSSR count). The highest BCUT2D eigenvalue weighted by Crippen LogP contribution is 2.19. The Balaban J connectivity index is 2.63. The fourth-order valence-electron chi connectivity index (χ4n) is 2.20. The van der Waals surface area contributed by atoms with Gasteiger partial charge in [-0.15, -0.1) is 0 Å². The van der Waals surface area contributed by atoms with Gasteiger partial charge in [0.25, 0.3) is 0 Å². The summed E-state index contributed by atoms with van der Waals surface area (Å²) in [4.78, 5) is 11.2. The first-order valence-electron chi connectivity index (χ1n) is 5.75.